The van der Waals surface area contributed by atoms with E-state index >= 15 is 0 Å². The summed E-state index contributed by atoms with van der Waals surface area (Å²) in [5.41, 5.74) is 0.614. The van der Waals surface area contributed by atoms with Gasteiger partial charge in [-0.15, -0.1) is 11.3 Å². The van der Waals surface area contributed by atoms with Crippen LogP contribution in [0.1, 0.15) is 5.56 Å². The fraction of sp³-hybridized carbons (Fsp3) is 0. The molecule has 0 aliphatic heterocycles. The lowest BCUT2D eigenvalue weighted by Crippen LogP contribution is -1.63. The summed E-state index contributed by atoms with van der Waals surface area (Å²) in [5, 5.41) is 8.13. The van der Waals surface area contributed by atoms with Crippen LogP contribution in [0.25, 0.3) is 0 Å². The molecule has 0 aromatic carbocycles. The fourth-order valence-corrected chi connectivity index (χ4v) is 1.90. The molecule has 0 saturated carbocycles. The fourth-order valence-electron chi connectivity index (χ4n) is 0.521. The Bertz CT molecular complexity index is 364. The maximum absolute atomic E-state index is 8.13. The van der Waals surface area contributed by atoms with Crippen LogP contribution >= 0.6 is 34.5 Å². The number of nitriles is 1. The molecule has 0 atom stereocenters. The van der Waals surface area contributed by atoms with Gasteiger partial charge in [0.25, 0.3) is 0 Å². The number of nitrogens with zero attached hydrogens (tertiary/aromatic N) is 1. The molecule has 0 radical (unpaired) electrons. The lowest BCUT2D eigenvalue weighted by atomic mass is 10.3. The number of halogens is 2. The molecule has 4 heteroatoms. The van der Waals surface area contributed by atoms with Gasteiger partial charge < -0.3 is 0 Å². The summed E-state index contributed by atoms with van der Waals surface area (Å²) in [6.45, 7) is 0. The van der Waals surface area contributed by atoms with E-state index in [2.05, 4.69) is 11.8 Å². The van der Waals surface area contributed by atoms with E-state index < -0.39 is 0 Å². The summed E-state index contributed by atoms with van der Waals surface area (Å²) in [7, 11) is 0. The first-order chi connectivity index (χ1) is 5.24. The van der Waals surface area contributed by atoms with Crippen molar-refractivity contribution in [3.63, 3.8) is 0 Å². The molecular formula is C7HCl2NS. The Morgan fingerprint density at radius 3 is 2.64 bits per heavy atom. The van der Waals surface area contributed by atoms with Crippen LogP contribution < -0.4 is 0 Å². The van der Waals surface area contributed by atoms with Crippen LogP contribution in [0.5, 0.6) is 0 Å². The van der Waals surface area contributed by atoms with Gasteiger partial charge in [0.2, 0.25) is 0 Å². The smallest absolute Gasteiger partial charge is 0.152 e. The molecule has 0 fully saturated rings. The zero-order chi connectivity index (χ0) is 8.27. The highest BCUT2D eigenvalue weighted by molar-refractivity contribution is 7.20. The van der Waals surface area contributed by atoms with Crippen molar-refractivity contribution in [3.05, 3.63) is 20.3 Å². The highest BCUT2D eigenvalue weighted by Crippen LogP contribution is 2.30. The summed E-state index contributed by atoms with van der Waals surface area (Å²) in [5.74, 6) is 4.80. The van der Waals surface area contributed by atoms with Crippen LogP contribution in [0, 0.1) is 23.2 Å². The van der Waals surface area contributed by atoms with Crippen molar-refractivity contribution < 1.29 is 0 Å². The van der Waals surface area contributed by atoms with E-state index in [4.69, 9.17) is 28.5 Å². The predicted molar refractivity (Wildman–Crippen MR) is 46.8 cm³/mol. The summed E-state index contributed by atoms with van der Waals surface area (Å²) in [4.78, 5) is 0. The largest absolute Gasteiger partial charge is 0.183 e. The minimum absolute atomic E-state index is 0.526. The SMILES string of the molecule is N#CC#Cc1cc(Cl)sc1Cl. The van der Waals surface area contributed by atoms with Gasteiger partial charge in [-0.05, 0) is 12.0 Å². The minimum atomic E-state index is 0.526. The summed E-state index contributed by atoms with van der Waals surface area (Å²) in [6, 6.07) is 3.33. The van der Waals surface area contributed by atoms with Crippen molar-refractivity contribution in [2.75, 3.05) is 0 Å². The number of hydrogen-bond donors (Lipinski definition) is 0. The monoisotopic (exact) mass is 201 g/mol. The van der Waals surface area contributed by atoms with E-state index in [1.165, 1.54) is 11.3 Å². The molecule has 1 aromatic rings. The molecule has 1 heterocycles. The third-order valence-electron chi connectivity index (χ3n) is 0.910. The highest BCUT2D eigenvalue weighted by Gasteiger charge is 2.01. The van der Waals surface area contributed by atoms with Crippen LogP contribution in [-0.4, -0.2) is 0 Å². The lowest BCUT2D eigenvalue weighted by molar-refractivity contribution is 1.55. The molecule has 0 aliphatic carbocycles. The molecule has 1 nitrogen and oxygen atoms in total. The molecule has 0 unspecified atom stereocenters. The van der Waals surface area contributed by atoms with Gasteiger partial charge in [0.1, 0.15) is 4.34 Å². The first-order valence-corrected chi connectivity index (χ1v) is 4.16. The van der Waals surface area contributed by atoms with Crippen molar-refractivity contribution in [1.29, 1.82) is 5.26 Å². The second-order valence-corrected chi connectivity index (χ2v) is 3.89. The molecule has 54 valence electrons. The van der Waals surface area contributed by atoms with Crippen molar-refractivity contribution in [2.45, 2.75) is 0 Å². The number of hydrogen-bond acceptors (Lipinski definition) is 2. The maximum atomic E-state index is 8.13. The molecule has 0 bridgehead atoms. The Morgan fingerprint density at radius 1 is 1.45 bits per heavy atom. The van der Waals surface area contributed by atoms with E-state index in [9.17, 15) is 0 Å². The van der Waals surface area contributed by atoms with Gasteiger partial charge in [0, 0.05) is 5.92 Å². The van der Waals surface area contributed by atoms with Crippen LogP contribution in [-0.2, 0) is 0 Å². The molecule has 0 spiro atoms. The molecule has 0 amide bonds. The molecule has 0 N–H and O–H groups in total. The summed E-state index contributed by atoms with van der Waals surface area (Å²) >= 11 is 12.6. The quantitative estimate of drug-likeness (QED) is 0.593. The van der Waals surface area contributed by atoms with Crippen LogP contribution in [0.15, 0.2) is 6.07 Å². The van der Waals surface area contributed by atoms with E-state index in [-0.39, 0.29) is 0 Å². The second-order valence-electron chi connectivity index (χ2n) is 1.60. The van der Waals surface area contributed by atoms with E-state index in [0.717, 1.165) is 0 Å². The van der Waals surface area contributed by atoms with Crippen LogP contribution in [0.4, 0.5) is 0 Å². The Morgan fingerprint density at radius 2 is 2.18 bits per heavy atom. The first-order valence-electron chi connectivity index (χ1n) is 2.59. The molecule has 0 aliphatic rings. The average molecular weight is 202 g/mol. The predicted octanol–water partition coefficient (Wildman–Crippen LogP) is 2.93. The standard InChI is InChI=1S/C7HCl2NS/c8-6-4-5(2-1-3-10)7(9)11-6/h4H. The normalized spacial score (nSPS) is 8.09. The molecule has 11 heavy (non-hydrogen) atoms. The van der Waals surface area contributed by atoms with Crippen molar-refractivity contribution in [2.24, 2.45) is 0 Å². The van der Waals surface area contributed by atoms with Gasteiger partial charge in [-0.3, -0.25) is 0 Å². The third-order valence-corrected chi connectivity index (χ3v) is 2.40. The Hall–Kier alpha value is -0.670. The number of rotatable bonds is 0. The van der Waals surface area contributed by atoms with E-state index in [1.807, 2.05) is 0 Å². The van der Waals surface area contributed by atoms with Gasteiger partial charge in [-0.2, -0.15) is 5.26 Å². The summed E-state index contributed by atoms with van der Waals surface area (Å²) < 4.78 is 1.11. The minimum Gasteiger partial charge on any atom is -0.183 e. The molecule has 1 aromatic heterocycles. The van der Waals surface area contributed by atoms with Gasteiger partial charge >= 0.3 is 0 Å². The van der Waals surface area contributed by atoms with Crippen LogP contribution in [0.2, 0.25) is 8.67 Å². The highest BCUT2D eigenvalue weighted by atomic mass is 35.5. The Labute approximate surface area is 78.2 Å². The third kappa shape index (κ3) is 2.13. The number of thiophene rings is 1. The van der Waals surface area contributed by atoms with Crippen molar-refractivity contribution in [3.8, 4) is 17.9 Å². The van der Waals surface area contributed by atoms with Gasteiger partial charge in [0.15, 0.2) is 6.07 Å². The maximum Gasteiger partial charge on any atom is 0.152 e. The first kappa shape index (κ1) is 8.43. The van der Waals surface area contributed by atoms with E-state index in [1.54, 1.807) is 12.1 Å². The zero-order valence-corrected chi connectivity index (χ0v) is 7.52. The topological polar surface area (TPSA) is 23.8 Å². The van der Waals surface area contributed by atoms with E-state index in [0.29, 0.717) is 14.2 Å². The molecule has 0 saturated heterocycles. The molecular weight excluding hydrogens is 201 g/mol. The summed E-state index contributed by atoms with van der Waals surface area (Å²) in [6.07, 6.45) is 0. The van der Waals surface area contributed by atoms with Crippen molar-refractivity contribution in [1.82, 2.24) is 0 Å². The lowest BCUT2D eigenvalue weighted by Gasteiger charge is -1.77. The van der Waals surface area contributed by atoms with Gasteiger partial charge in [-0.25, -0.2) is 0 Å². The Balaban J connectivity index is 3.06. The van der Waals surface area contributed by atoms with Crippen LogP contribution in [0.3, 0.4) is 0 Å². The molecule has 1 rings (SSSR count). The average Bonchev–Trinajstić information content (AvgIpc) is 2.26. The zero-order valence-electron chi connectivity index (χ0n) is 5.19. The second kappa shape index (κ2) is 3.64. The Kier molecular flexibility index (Phi) is 2.79. The van der Waals surface area contributed by atoms with Gasteiger partial charge in [0.05, 0.1) is 9.90 Å². The van der Waals surface area contributed by atoms with Crippen molar-refractivity contribution >= 4 is 34.5 Å². The van der Waals surface area contributed by atoms with Gasteiger partial charge in [-0.1, -0.05) is 23.2 Å².